The number of nitrogens with zero attached hydrogens (tertiary/aromatic N) is 3. The lowest BCUT2D eigenvalue weighted by molar-refractivity contribution is -0.432. The van der Waals surface area contributed by atoms with Crippen molar-refractivity contribution >= 4 is 11.4 Å². The molecule has 0 radical (unpaired) electrons. The molecular weight excluding hydrogens is 375 g/mol. The SMILES string of the molecule is CC1CCc2cc(OC3=C([N+](=O)[O-])CC(C(F)(F)F)C=C3)ccc2N=C1C#N. The largest absolute Gasteiger partial charge is 0.451 e. The molecule has 2 atom stereocenters. The number of aliphatic imine (C=N–C) groups is 1. The number of hydrogen-bond acceptors (Lipinski definition) is 5. The maximum atomic E-state index is 12.9. The Morgan fingerprint density at radius 1 is 1.39 bits per heavy atom. The first-order valence-corrected chi connectivity index (χ1v) is 8.61. The quantitative estimate of drug-likeness (QED) is 0.543. The summed E-state index contributed by atoms with van der Waals surface area (Å²) in [5.41, 5.74) is 1.25. The number of hydrogen-bond donors (Lipinski definition) is 0. The fourth-order valence-electron chi connectivity index (χ4n) is 3.10. The first kappa shape index (κ1) is 19.6. The van der Waals surface area contributed by atoms with Crippen LogP contribution in [-0.2, 0) is 6.42 Å². The molecule has 6 nitrogen and oxygen atoms in total. The number of nitro groups is 1. The van der Waals surface area contributed by atoms with Crippen molar-refractivity contribution in [2.24, 2.45) is 16.8 Å². The summed E-state index contributed by atoms with van der Waals surface area (Å²) in [5, 5.41) is 20.4. The van der Waals surface area contributed by atoms with Crippen LogP contribution in [0, 0.1) is 33.3 Å². The van der Waals surface area contributed by atoms with E-state index in [9.17, 15) is 28.5 Å². The number of halogens is 3. The summed E-state index contributed by atoms with van der Waals surface area (Å²) in [7, 11) is 0. The highest BCUT2D eigenvalue weighted by atomic mass is 19.4. The van der Waals surface area contributed by atoms with Crippen molar-refractivity contribution in [2.45, 2.75) is 32.4 Å². The van der Waals surface area contributed by atoms with Gasteiger partial charge < -0.3 is 4.74 Å². The molecule has 2 aliphatic rings. The molecule has 9 heteroatoms. The van der Waals surface area contributed by atoms with Gasteiger partial charge in [-0.1, -0.05) is 13.0 Å². The standard InChI is InChI=1S/C19H16F3N3O3/c1-11-2-3-12-8-14(5-6-15(12)24-16(11)10-23)28-18-7-4-13(19(20,21)22)9-17(18)25(26)27/h4-8,11,13H,2-3,9H2,1H3. The number of rotatable bonds is 3. The van der Waals surface area contributed by atoms with Gasteiger partial charge in [-0.3, -0.25) is 10.1 Å². The van der Waals surface area contributed by atoms with Crippen LogP contribution >= 0.6 is 0 Å². The van der Waals surface area contributed by atoms with Gasteiger partial charge in [0.05, 0.1) is 22.9 Å². The molecule has 28 heavy (non-hydrogen) atoms. The van der Waals surface area contributed by atoms with E-state index >= 15 is 0 Å². The number of benzene rings is 1. The van der Waals surface area contributed by atoms with E-state index in [0.29, 0.717) is 24.2 Å². The number of ether oxygens (including phenoxy) is 1. The average Bonchev–Trinajstić information content (AvgIpc) is 2.79. The Kier molecular flexibility index (Phi) is 5.23. The molecule has 1 aliphatic heterocycles. The molecule has 0 saturated carbocycles. The van der Waals surface area contributed by atoms with Gasteiger partial charge in [0.15, 0.2) is 5.76 Å². The van der Waals surface area contributed by atoms with Crippen LogP contribution < -0.4 is 4.74 Å². The smallest absolute Gasteiger partial charge is 0.395 e. The zero-order chi connectivity index (χ0) is 20.5. The molecule has 0 aromatic heterocycles. The van der Waals surface area contributed by atoms with E-state index in [-0.39, 0.29) is 17.4 Å². The van der Waals surface area contributed by atoms with Crippen molar-refractivity contribution in [1.82, 2.24) is 0 Å². The summed E-state index contributed by atoms with van der Waals surface area (Å²) in [5.74, 6) is -1.85. The lowest BCUT2D eigenvalue weighted by atomic mass is 9.97. The van der Waals surface area contributed by atoms with Crippen LogP contribution in [0.25, 0.3) is 0 Å². The summed E-state index contributed by atoms with van der Waals surface area (Å²) < 4.78 is 44.2. The highest BCUT2D eigenvalue weighted by Gasteiger charge is 2.43. The molecule has 0 saturated heterocycles. The van der Waals surface area contributed by atoms with Crippen molar-refractivity contribution in [3.63, 3.8) is 0 Å². The third-order valence-corrected chi connectivity index (χ3v) is 4.77. The molecule has 0 amide bonds. The summed E-state index contributed by atoms with van der Waals surface area (Å²) >= 11 is 0. The lowest BCUT2D eigenvalue weighted by Crippen LogP contribution is -2.26. The fourth-order valence-corrected chi connectivity index (χ4v) is 3.10. The maximum Gasteiger partial charge on any atom is 0.395 e. The third kappa shape index (κ3) is 4.06. The fraction of sp³-hybridized carbons (Fsp3) is 0.368. The van der Waals surface area contributed by atoms with E-state index in [1.807, 2.05) is 6.92 Å². The number of fused-ring (bicyclic) bond motifs is 1. The zero-order valence-corrected chi connectivity index (χ0v) is 14.9. The predicted octanol–water partition coefficient (Wildman–Crippen LogP) is 4.87. The Labute approximate surface area is 158 Å². The molecule has 3 rings (SSSR count). The van der Waals surface area contributed by atoms with Gasteiger partial charge in [-0.15, -0.1) is 0 Å². The van der Waals surface area contributed by atoms with Gasteiger partial charge in [-0.05, 0) is 42.7 Å². The van der Waals surface area contributed by atoms with Gasteiger partial charge in [-0.25, -0.2) is 4.99 Å². The molecule has 146 valence electrons. The molecule has 0 bridgehead atoms. The minimum atomic E-state index is -4.56. The zero-order valence-electron chi connectivity index (χ0n) is 14.9. The molecule has 1 heterocycles. The first-order chi connectivity index (χ1) is 13.2. The topological polar surface area (TPSA) is 88.5 Å². The highest BCUT2D eigenvalue weighted by Crippen LogP contribution is 2.37. The van der Waals surface area contributed by atoms with Crippen LogP contribution in [0.15, 0.2) is 46.8 Å². The second-order valence-corrected chi connectivity index (χ2v) is 6.72. The molecule has 0 N–H and O–H groups in total. The number of nitriles is 1. The number of alkyl halides is 3. The lowest BCUT2D eigenvalue weighted by Gasteiger charge is -2.20. The Balaban J connectivity index is 1.88. The van der Waals surface area contributed by atoms with Crippen molar-refractivity contribution in [2.75, 3.05) is 0 Å². The Bertz CT molecular complexity index is 942. The van der Waals surface area contributed by atoms with Crippen LogP contribution in [0.3, 0.4) is 0 Å². The van der Waals surface area contributed by atoms with E-state index in [4.69, 9.17) is 4.74 Å². The molecule has 1 aromatic carbocycles. The normalized spacial score (nSPS) is 22.0. The summed E-state index contributed by atoms with van der Waals surface area (Å²) in [6, 6.07) is 6.90. The minimum Gasteiger partial charge on any atom is -0.451 e. The Hall–Kier alpha value is -3.15. The third-order valence-electron chi connectivity index (χ3n) is 4.77. The van der Waals surface area contributed by atoms with Crippen LogP contribution in [0.1, 0.15) is 25.3 Å². The number of allylic oxidation sites excluding steroid dienone is 3. The summed E-state index contributed by atoms with van der Waals surface area (Å²) in [4.78, 5) is 14.7. The highest BCUT2D eigenvalue weighted by molar-refractivity contribution is 6.02. The van der Waals surface area contributed by atoms with Gasteiger partial charge in [0, 0.05) is 5.92 Å². The van der Waals surface area contributed by atoms with Crippen molar-refractivity contribution in [3.8, 4) is 11.8 Å². The van der Waals surface area contributed by atoms with Gasteiger partial charge in [0.2, 0.25) is 0 Å². The van der Waals surface area contributed by atoms with Crippen LogP contribution in [0.2, 0.25) is 0 Å². The van der Waals surface area contributed by atoms with Crippen LogP contribution in [0.5, 0.6) is 5.75 Å². The second-order valence-electron chi connectivity index (χ2n) is 6.72. The Morgan fingerprint density at radius 3 is 2.79 bits per heavy atom. The summed E-state index contributed by atoms with van der Waals surface area (Å²) in [6.07, 6.45) is -2.12. The summed E-state index contributed by atoms with van der Waals surface area (Å²) in [6.45, 7) is 1.91. The van der Waals surface area contributed by atoms with Gasteiger partial charge >= 0.3 is 6.18 Å². The van der Waals surface area contributed by atoms with Crippen molar-refractivity contribution in [1.29, 1.82) is 5.26 Å². The minimum absolute atomic E-state index is 0.00569. The first-order valence-electron chi connectivity index (χ1n) is 8.61. The van der Waals surface area contributed by atoms with Gasteiger partial charge in [0.25, 0.3) is 5.70 Å². The van der Waals surface area contributed by atoms with Crippen LogP contribution in [0.4, 0.5) is 18.9 Å². The Morgan fingerprint density at radius 2 is 2.14 bits per heavy atom. The second kappa shape index (κ2) is 7.46. The molecule has 1 aromatic rings. The van der Waals surface area contributed by atoms with E-state index < -0.39 is 29.1 Å². The van der Waals surface area contributed by atoms with E-state index in [0.717, 1.165) is 17.7 Å². The monoisotopic (exact) mass is 391 g/mol. The molecule has 0 fully saturated rings. The van der Waals surface area contributed by atoms with E-state index in [2.05, 4.69) is 11.1 Å². The molecule has 1 aliphatic carbocycles. The number of aryl methyl sites for hydroxylation is 1. The molecular formula is C19H16F3N3O3. The van der Waals surface area contributed by atoms with Crippen molar-refractivity contribution < 1.29 is 22.8 Å². The molecule has 0 spiro atoms. The van der Waals surface area contributed by atoms with Crippen molar-refractivity contribution in [3.05, 3.63) is 57.5 Å². The van der Waals surface area contributed by atoms with Gasteiger partial charge in [-0.2, -0.15) is 18.4 Å². The maximum absolute atomic E-state index is 12.9. The predicted molar refractivity (Wildman–Crippen MR) is 94.6 cm³/mol. The molecule has 2 unspecified atom stereocenters. The van der Waals surface area contributed by atoms with E-state index in [1.165, 1.54) is 6.07 Å². The van der Waals surface area contributed by atoms with Gasteiger partial charge in [0.1, 0.15) is 17.5 Å². The van der Waals surface area contributed by atoms with E-state index in [1.54, 1.807) is 12.1 Å². The van der Waals surface area contributed by atoms with Crippen LogP contribution in [-0.4, -0.2) is 16.8 Å². The average molecular weight is 391 g/mol.